The SMILES string of the molecule is [2H]C([2H])([2H])c1ccc2ccc3c4ccc(C)c(-c5n(-c6c(C(C)C)cc(-c7ccccc7)cc6C(C)C)c6ccccc6[n+]5C)c4oc3c2n1. The third-order valence-corrected chi connectivity index (χ3v) is 9.66. The van der Waals surface area contributed by atoms with E-state index in [4.69, 9.17) is 8.53 Å². The Kier molecular flexibility index (Phi) is 6.04. The first kappa shape index (κ1) is 25.9. The molecule has 4 heteroatoms. The van der Waals surface area contributed by atoms with Gasteiger partial charge >= 0.3 is 0 Å². The van der Waals surface area contributed by atoms with E-state index in [1.165, 1.54) is 27.9 Å². The summed E-state index contributed by atoms with van der Waals surface area (Å²) in [5.41, 5.74) is 12.4. The van der Waals surface area contributed by atoms with Crippen LogP contribution in [0.2, 0.25) is 0 Å². The number of hydrogen-bond donors (Lipinski definition) is 0. The average Bonchev–Trinajstić information content (AvgIpc) is 3.62. The van der Waals surface area contributed by atoms with E-state index in [0.717, 1.165) is 49.7 Å². The van der Waals surface area contributed by atoms with Gasteiger partial charge in [0, 0.05) is 37.1 Å². The zero-order chi connectivity index (χ0) is 35.1. The fourth-order valence-corrected chi connectivity index (χ4v) is 7.29. The van der Waals surface area contributed by atoms with Gasteiger partial charge in [-0.05, 0) is 78.7 Å². The topological polar surface area (TPSA) is 34.8 Å². The molecule has 232 valence electrons. The average molecular weight is 618 g/mol. The normalized spacial score (nSPS) is 13.3. The fourth-order valence-electron chi connectivity index (χ4n) is 7.29. The van der Waals surface area contributed by atoms with Crippen molar-refractivity contribution >= 4 is 43.9 Å². The minimum Gasteiger partial charge on any atom is -0.453 e. The molecule has 0 unspecified atom stereocenters. The Morgan fingerprint density at radius 2 is 1.40 bits per heavy atom. The van der Waals surface area contributed by atoms with Gasteiger partial charge in [0.2, 0.25) is 0 Å². The highest BCUT2D eigenvalue weighted by Crippen LogP contribution is 2.43. The second-order valence-corrected chi connectivity index (χ2v) is 13.3. The molecule has 0 aliphatic heterocycles. The smallest absolute Gasteiger partial charge is 0.299 e. The molecular weight excluding hydrogens is 574 g/mol. The van der Waals surface area contributed by atoms with Crippen molar-refractivity contribution < 1.29 is 13.1 Å². The van der Waals surface area contributed by atoms with Gasteiger partial charge in [0.05, 0.1) is 7.05 Å². The van der Waals surface area contributed by atoms with Crippen molar-refractivity contribution in [2.24, 2.45) is 7.05 Å². The van der Waals surface area contributed by atoms with Crippen LogP contribution in [0, 0.1) is 13.8 Å². The van der Waals surface area contributed by atoms with Crippen LogP contribution in [-0.2, 0) is 7.05 Å². The van der Waals surface area contributed by atoms with Crippen LogP contribution >= 0.6 is 0 Å². The van der Waals surface area contributed by atoms with E-state index in [1.54, 1.807) is 6.07 Å². The first-order chi connectivity index (χ1) is 23.9. The van der Waals surface area contributed by atoms with Crippen molar-refractivity contribution in [3.05, 3.63) is 126 Å². The lowest BCUT2D eigenvalue weighted by molar-refractivity contribution is -0.633. The predicted octanol–water partition coefficient (Wildman–Crippen LogP) is 11.1. The molecule has 0 bridgehead atoms. The van der Waals surface area contributed by atoms with Crippen molar-refractivity contribution in [2.75, 3.05) is 0 Å². The van der Waals surface area contributed by atoms with Gasteiger partial charge in [0.15, 0.2) is 22.2 Å². The van der Waals surface area contributed by atoms with Crippen molar-refractivity contribution in [1.82, 2.24) is 9.55 Å². The molecule has 47 heavy (non-hydrogen) atoms. The molecule has 0 radical (unpaired) electrons. The molecule has 0 spiro atoms. The summed E-state index contributed by atoms with van der Waals surface area (Å²) in [6.07, 6.45) is 0. The molecule has 0 saturated heterocycles. The summed E-state index contributed by atoms with van der Waals surface area (Å²) >= 11 is 0. The molecule has 0 atom stereocenters. The second-order valence-electron chi connectivity index (χ2n) is 13.3. The van der Waals surface area contributed by atoms with Crippen LogP contribution in [-0.4, -0.2) is 9.55 Å². The molecule has 3 heterocycles. The molecule has 0 N–H and O–H groups in total. The number of furan rings is 1. The summed E-state index contributed by atoms with van der Waals surface area (Å²) in [4.78, 5) is 4.64. The molecular formula is C43H40N3O+. The van der Waals surface area contributed by atoms with E-state index in [1.807, 2.05) is 12.1 Å². The maximum atomic E-state index is 8.01. The number of hydrogen-bond acceptors (Lipinski definition) is 2. The molecule has 0 aliphatic carbocycles. The molecule has 0 saturated carbocycles. The standard InChI is InChI=1S/C43H40N3O/c1-25(2)34-23-31(29-13-9-8-10-14-29)24-35(26(3)4)40(34)46-37-16-12-11-15-36(37)45(7)43(46)38-27(5)17-21-32-33-22-20-30-19-18-28(6)44-39(30)42(33)47-41(32)38/h8-26H,1-7H3/q+1/i6D3. The third-order valence-electron chi connectivity index (χ3n) is 9.66. The van der Waals surface area contributed by atoms with E-state index in [9.17, 15) is 0 Å². The maximum Gasteiger partial charge on any atom is 0.299 e. The van der Waals surface area contributed by atoms with Crippen molar-refractivity contribution in [3.63, 3.8) is 0 Å². The van der Waals surface area contributed by atoms with Crippen molar-refractivity contribution in [1.29, 1.82) is 0 Å². The molecule has 8 rings (SSSR count). The van der Waals surface area contributed by atoms with Crippen LogP contribution in [0.15, 0.2) is 108 Å². The van der Waals surface area contributed by atoms with Gasteiger partial charge in [-0.25, -0.2) is 9.55 Å². The maximum absolute atomic E-state index is 8.01. The highest BCUT2D eigenvalue weighted by Gasteiger charge is 2.34. The summed E-state index contributed by atoms with van der Waals surface area (Å²) in [6, 6.07) is 35.7. The van der Waals surface area contributed by atoms with Crippen LogP contribution in [0.4, 0.5) is 0 Å². The highest BCUT2D eigenvalue weighted by molar-refractivity contribution is 6.16. The van der Waals surface area contributed by atoms with E-state index in [-0.39, 0.29) is 17.5 Å². The number of aromatic nitrogens is 3. The van der Waals surface area contributed by atoms with Crippen molar-refractivity contribution in [3.8, 4) is 28.2 Å². The lowest BCUT2D eigenvalue weighted by Gasteiger charge is -2.21. The lowest BCUT2D eigenvalue weighted by atomic mass is 9.88. The molecule has 0 amide bonds. The Morgan fingerprint density at radius 3 is 2.13 bits per heavy atom. The van der Waals surface area contributed by atoms with Crippen LogP contribution in [0.25, 0.3) is 72.1 Å². The number of aryl methyl sites for hydroxylation is 3. The number of rotatable bonds is 5. The van der Waals surface area contributed by atoms with Gasteiger partial charge < -0.3 is 4.42 Å². The number of para-hydroxylation sites is 2. The Labute approximate surface area is 280 Å². The Morgan fingerprint density at radius 1 is 0.745 bits per heavy atom. The monoisotopic (exact) mass is 617 g/mol. The van der Waals surface area contributed by atoms with E-state index >= 15 is 0 Å². The molecule has 8 aromatic rings. The summed E-state index contributed by atoms with van der Waals surface area (Å²) in [5, 5.41) is 2.71. The number of benzene rings is 5. The zero-order valence-electron chi connectivity index (χ0n) is 30.7. The summed E-state index contributed by atoms with van der Waals surface area (Å²) in [6.45, 7) is 8.93. The Balaban J connectivity index is 1.51. The largest absolute Gasteiger partial charge is 0.453 e. The zero-order valence-corrected chi connectivity index (χ0v) is 27.7. The number of pyridine rings is 1. The van der Waals surface area contributed by atoms with Gasteiger partial charge in [0.25, 0.3) is 5.82 Å². The number of fused-ring (bicyclic) bond motifs is 6. The summed E-state index contributed by atoms with van der Waals surface area (Å²) in [7, 11) is 2.14. The predicted molar refractivity (Wildman–Crippen MR) is 196 cm³/mol. The minimum atomic E-state index is -2.32. The van der Waals surface area contributed by atoms with Gasteiger partial charge in [-0.2, -0.15) is 4.57 Å². The number of nitrogens with zero attached hydrogens (tertiary/aromatic N) is 3. The second kappa shape index (κ2) is 10.9. The van der Waals surface area contributed by atoms with Crippen LogP contribution in [0.1, 0.15) is 66.0 Å². The van der Waals surface area contributed by atoms with Gasteiger partial charge in [-0.1, -0.05) is 94.4 Å². The highest BCUT2D eigenvalue weighted by atomic mass is 16.3. The van der Waals surface area contributed by atoms with E-state index in [0.29, 0.717) is 11.1 Å². The lowest BCUT2D eigenvalue weighted by Crippen LogP contribution is -2.30. The van der Waals surface area contributed by atoms with Gasteiger partial charge in [0.1, 0.15) is 16.8 Å². The molecule has 0 aliphatic rings. The number of imidazole rings is 1. The Hall–Kier alpha value is -5.22. The molecule has 4 nitrogen and oxygen atoms in total. The summed E-state index contributed by atoms with van der Waals surface area (Å²) < 4.78 is 35.7. The van der Waals surface area contributed by atoms with Gasteiger partial charge in [-0.15, -0.1) is 0 Å². The van der Waals surface area contributed by atoms with E-state index < -0.39 is 6.85 Å². The summed E-state index contributed by atoms with van der Waals surface area (Å²) in [5.74, 6) is 1.52. The minimum absolute atomic E-state index is 0.0577. The van der Waals surface area contributed by atoms with Gasteiger partial charge in [-0.3, -0.25) is 0 Å². The van der Waals surface area contributed by atoms with Crippen LogP contribution in [0.5, 0.6) is 0 Å². The van der Waals surface area contributed by atoms with Crippen LogP contribution in [0.3, 0.4) is 0 Å². The van der Waals surface area contributed by atoms with E-state index in [2.05, 4.69) is 141 Å². The van der Waals surface area contributed by atoms with Crippen molar-refractivity contribution in [2.45, 2.75) is 53.3 Å². The molecule has 0 fully saturated rings. The molecule has 5 aromatic carbocycles. The third kappa shape index (κ3) is 4.50. The first-order valence-corrected chi connectivity index (χ1v) is 16.4. The first-order valence-electron chi connectivity index (χ1n) is 17.9. The Bertz CT molecular complexity index is 2580. The molecule has 3 aromatic heterocycles. The quantitative estimate of drug-likeness (QED) is 0.180. The van der Waals surface area contributed by atoms with Crippen LogP contribution < -0.4 is 4.57 Å². The fraction of sp³-hybridized carbons (Fsp3) is 0.209.